The Balaban J connectivity index is 1.61. The third-order valence-electron chi connectivity index (χ3n) is 4.66. The van der Waals surface area contributed by atoms with E-state index < -0.39 is 5.25 Å². The Kier molecular flexibility index (Phi) is 5.73. The zero-order valence-electron chi connectivity index (χ0n) is 16.2. The molecule has 0 radical (unpaired) electrons. The lowest BCUT2D eigenvalue weighted by molar-refractivity contribution is -0.115. The molecule has 0 fully saturated rings. The number of fused-ring (bicyclic) bond motifs is 1. The first kappa shape index (κ1) is 19.6. The molecule has 1 amide bonds. The zero-order chi connectivity index (χ0) is 20.9. The van der Waals surface area contributed by atoms with E-state index in [9.17, 15) is 10.1 Å². The minimum Gasteiger partial charge on any atom is -0.324 e. The molecule has 1 aromatic heterocycles. The smallest absolute Gasteiger partial charge is 0.237 e. The van der Waals surface area contributed by atoms with E-state index >= 15 is 0 Å². The van der Waals surface area contributed by atoms with Crippen LogP contribution in [0.4, 0.5) is 5.69 Å². The second-order valence-corrected chi connectivity index (χ2v) is 8.00. The fourth-order valence-electron chi connectivity index (χ4n) is 3.12. The standard InChI is InChI=1S/C24H18N4OS/c1-16(23(29)26-21-14-8-5-11-18(21)15-25)30-24-20-13-7-6-12-19(20)22(27-28-24)17-9-3-2-4-10-17/h2-14,16H,1H3,(H,26,29)/t16-/m0/s1. The van der Waals surface area contributed by atoms with Crippen LogP contribution in [0, 0.1) is 11.3 Å². The van der Waals surface area contributed by atoms with Gasteiger partial charge in [-0.05, 0) is 19.1 Å². The maximum atomic E-state index is 12.7. The van der Waals surface area contributed by atoms with Crippen molar-refractivity contribution in [3.8, 4) is 17.3 Å². The first-order valence-corrected chi connectivity index (χ1v) is 10.3. The summed E-state index contributed by atoms with van der Waals surface area (Å²) < 4.78 is 0. The lowest BCUT2D eigenvalue weighted by Gasteiger charge is -2.14. The molecule has 0 unspecified atom stereocenters. The van der Waals surface area contributed by atoms with Gasteiger partial charge in [0.2, 0.25) is 5.91 Å². The highest BCUT2D eigenvalue weighted by atomic mass is 32.2. The maximum Gasteiger partial charge on any atom is 0.237 e. The van der Waals surface area contributed by atoms with Crippen molar-refractivity contribution in [1.29, 1.82) is 5.26 Å². The first-order chi connectivity index (χ1) is 14.7. The minimum absolute atomic E-state index is 0.194. The van der Waals surface area contributed by atoms with E-state index in [-0.39, 0.29) is 5.91 Å². The molecule has 3 aromatic carbocycles. The molecule has 4 rings (SSSR count). The Morgan fingerprint density at radius 1 is 0.933 bits per heavy atom. The van der Waals surface area contributed by atoms with Gasteiger partial charge in [0, 0.05) is 16.3 Å². The molecule has 1 N–H and O–H groups in total. The van der Waals surface area contributed by atoms with Gasteiger partial charge in [0.1, 0.15) is 16.8 Å². The van der Waals surface area contributed by atoms with E-state index in [0.29, 0.717) is 16.3 Å². The lowest BCUT2D eigenvalue weighted by atomic mass is 10.1. The van der Waals surface area contributed by atoms with Crippen molar-refractivity contribution in [3.05, 3.63) is 84.4 Å². The summed E-state index contributed by atoms with van der Waals surface area (Å²) in [5, 5.41) is 23.2. The topological polar surface area (TPSA) is 78.7 Å². The molecule has 0 aliphatic carbocycles. The van der Waals surface area contributed by atoms with Gasteiger partial charge in [-0.25, -0.2) is 0 Å². The second-order valence-electron chi connectivity index (χ2n) is 6.67. The van der Waals surface area contributed by atoms with Crippen molar-refractivity contribution < 1.29 is 4.79 Å². The number of nitrogens with zero attached hydrogens (tertiary/aromatic N) is 3. The summed E-state index contributed by atoms with van der Waals surface area (Å²) in [7, 11) is 0. The molecule has 0 bridgehead atoms. The zero-order valence-corrected chi connectivity index (χ0v) is 17.1. The summed E-state index contributed by atoms with van der Waals surface area (Å²) in [6, 6.07) is 26.9. The van der Waals surface area contributed by atoms with Crippen LogP contribution in [-0.4, -0.2) is 21.4 Å². The summed E-state index contributed by atoms with van der Waals surface area (Å²) in [5.41, 5.74) is 2.75. The summed E-state index contributed by atoms with van der Waals surface area (Å²) in [6.45, 7) is 1.82. The number of carbonyl (C=O) groups excluding carboxylic acids is 1. The van der Waals surface area contributed by atoms with E-state index in [4.69, 9.17) is 0 Å². The number of rotatable bonds is 5. The van der Waals surface area contributed by atoms with Crippen molar-refractivity contribution in [2.45, 2.75) is 17.2 Å². The van der Waals surface area contributed by atoms with Gasteiger partial charge in [-0.2, -0.15) is 5.26 Å². The lowest BCUT2D eigenvalue weighted by Crippen LogP contribution is -2.23. The van der Waals surface area contributed by atoms with Crippen molar-refractivity contribution in [3.63, 3.8) is 0 Å². The average molecular weight is 411 g/mol. The fraction of sp³-hybridized carbons (Fsp3) is 0.0833. The molecule has 1 heterocycles. The molecular weight excluding hydrogens is 392 g/mol. The number of thioether (sulfide) groups is 1. The summed E-state index contributed by atoms with van der Waals surface area (Å²) >= 11 is 1.35. The summed E-state index contributed by atoms with van der Waals surface area (Å²) in [5.74, 6) is -0.194. The van der Waals surface area contributed by atoms with Gasteiger partial charge < -0.3 is 5.32 Å². The molecule has 0 saturated heterocycles. The van der Waals surface area contributed by atoms with Gasteiger partial charge in [0.05, 0.1) is 16.5 Å². The van der Waals surface area contributed by atoms with Gasteiger partial charge in [0.25, 0.3) is 0 Å². The van der Waals surface area contributed by atoms with Crippen molar-refractivity contribution >= 4 is 34.1 Å². The van der Waals surface area contributed by atoms with Gasteiger partial charge in [-0.3, -0.25) is 4.79 Å². The number of nitriles is 1. The van der Waals surface area contributed by atoms with Gasteiger partial charge in [-0.1, -0.05) is 78.5 Å². The highest BCUT2D eigenvalue weighted by molar-refractivity contribution is 8.00. The molecule has 6 heteroatoms. The number of para-hydroxylation sites is 1. The van der Waals surface area contributed by atoms with Crippen LogP contribution in [0.3, 0.4) is 0 Å². The van der Waals surface area contributed by atoms with Crippen LogP contribution < -0.4 is 5.32 Å². The maximum absolute atomic E-state index is 12.7. The quantitative estimate of drug-likeness (QED) is 0.452. The Morgan fingerprint density at radius 3 is 2.37 bits per heavy atom. The predicted molar refractivity (Wildman–Crippen MR) is 120 cm³/mol. The van der Waals surface area contributed by atoms with Crippen LogP contribution in [0.5, 0.6) is 0 Å². The Hall–Kier alpha value is -3.69. The fourth-order valence-corrected chi connectivity index (χ4v) is 4.01. The highest BCUT2D eigenvalue weighted by Crippen LogP contribution is 2.33. The molecule has 0 saturated carbocycles. The normalized spacial score (nSPS) is 11.6. The molecule has 0 spiro atoms. The number of benzene rings is 3. The molecule has 146 valence electrons. The summed E-state index contributed by atoms with van der Waals surface area (Å²) in [4.78, 5) is 12.7. The Labute approximate surface area is 178 Å². The van der Waals surface area contributed by atoms with E-state index in [0.717, 1.165) is 22.0 Å². The molecule has 4 aromatic rings. The highest BCUT2D eigenvalue weighted by Gasteiger charge is 2.19. The number of aromatic nitrogens is 2. The van der Waals surface area contributed by atoms with E-state index in [2.05, 4.69) is 21.6 Å². The average Bonchev–Trinajstić information content (AvgIpc) is 2.80. The molecule has 0 aliphatic heterocycles. The Morgan fingerprint density at radius 2 is 1.60 bits per heavy atom. The monoisotopic (exact) mass is 410 g/mol. The SMILES string of the molecule is C[C@H](Sc1nnc(-c2ccccc2)c2ccccc12)C(=O)Nc1ccccc1C#N. The minimum atomic E-state index is -0.419. The number of hydrogen-bond acceptors (Lipinski definition) is 5. The third-order valence-corrected chi connectivity index (χ3v) is 5.76. The molecule has 30 heavy (non-hydrogen) atoms. The van der Waals surface area contributed by atoms with E-state index in [1.54, 1.807) is 24.3 Å². The summed E-state index contributed by atoms with van der Waals surface area (Å²) in [6.07, 6.45) is 0. The predicted octanol–water partition coefficient (Wildman–Crippen LogP) is 5.29. The number of anilines is 1. The van der Waals surface area contributed by atoms with Crippen LogP contribution >= 0.6 is 11.8 Å². The van der Waals surface area contributed by atoms with Crippen LogP contribution in [0.15, 0.2) is 83.9 Å². The van der Waals surface area contributed by atoms with Crippen LogP contribution in [0.2, 0.25) is 0 Å². The van der Waals surface area contributed by atoms with Crippen molar-refractivity contribution in [2.24, 2.45) is 0 Å². The largest absolute Gasteiger partial charge is 0.324 e. The Bertz CT molecular complexity index is 1250. The third kappa shape index (κ3) is 4.02. The number of carbonyl (C=O) groups is 1. The van der Waals surface area contributed by atoms with Crippen LogP contribution in [-0.2, 0) is 4.79 Å². The molecule has 0 aliphatic rings. The van der Waals surface area contributed by atoms with E-state index in [1.165, 1.54) is 11.8 Å². The molecular formula is C24H18N4OS. The molecule has 1 atom stereocenters. The number of amides is 1. The van der Waals surface area contributed by atoms with Gasteiger partial charge in [-0.15, -0.1) is 10.2 Å². The van der Waals surface area contributed by atoms with Crippen molar-refractivity contribution in [1.82, 2.24) is 10.2 Å². The number of hydrogen-bond donors (Lipinski definition) is 1. The van der Waals surface area contributed by atoms with Crippen LogP contribution in [0.25, 0.3) is 22.0 Å². The number of nitrogens with one attached hydrogen (secondary N) is 1. The van der Waals surface area contributed by atoms with Crippen molar-refractivity contribution in [2.75, 3.05) is 5.32 Å². The van der Waals surface area contributed by atoms with Gasteiger partial charge in [0.15, 0.2) is 0 Å². The molecule has 5 nitrogen and oxygen atoms in total. The van der Waals surface area contributed by atoms with E-state index in [1.807, 2.05) is 61.5 Å². The van der Waals surface area contributed by atoms with Gasteiger partial charge >= 0.3 is 0 Å². The first-order valence-electron chi connectivity index (χ1n) is 9.45. The van der Waals surface area contributed by atoms with Crippen LogP contribution in [0.1, 0.15) is 12.5 Å². The second kappa shape index (κ2) is 8.76.